The van der Waals surface area contributed by atoms with E-state index >= 15 is 0 Å². The van der Waals surface area contributed by atoms with Gasteiger partial charge in [-0.1, -0.05) is 11.6 Å². The van der Waals surface area contributed by atoms with Gasteiger partial charge in [-0.25, -0.2) is 9.97 Å². The van der Waals surface area contributed by atoms with E-state index in [1.165, 1.54) is 14.0 Å². The molecule has 1 aliphatic rings. The van der Waals surface area contributed by atoms with Gasteiger partial charge in [0.1, 0.15) is 5.75 Å². The van der Waals surface area contributed by atoms with Crippen molar-refractivity contribution in [3.63, 3.8) is 0 Å². The van der Waals surface area contributed by atoms with Crippen molar-refractivity contribution in [2.75, 3.05) is 43.5 Å². The molecule has 1 fully saturated rings. The molecule has 0 aliphatic carbocycles. The van der Waals surface area contributed by atoms with Gasteiger partial charge in [0.15, 0.2) is 0 Å². The molecule has 1 aromatic carbocycles. The number of rotatable bonds is 4. The van der Waals surface area contributed by atoms with Gasteiger partial charge in [0, 0.05) is 38.4 Å². The Morgan fingerprint density at radius 3 is 2.56 bits per heavy atom. The van der Waals surface area contributed by atoms with Crippen molar-refractivity contribution in [3.05, 3.63) is 34.6 Å². The highest BCUT2D eigenvalue weighted by Gasteiger charge is 2.33. The highest BCUT2D eigenvalue weighted by atomic mass is 35.5. The molecule has 0 bridgehead atoms. The Labute approximate surface area is 159 Å². The lowest BCUT2D eigenvalue weighted by Crippen LogP contribution is -2.43. The van der Waals surface area contributed by atoms with Gasteiger partial charge < -0.3 is 20.3 Å². The minimum atomic E-state index is -4.49. The van der Waals surface area contributed by atoms with Gasteiger partial charge >= 0.3 is 6.18 Å². The number of aryl methyl sites for hydroxylation is 1. The smallest absolute Gasteiger partial charge is 0.419 e. The van der Waals surface area contributed by atoms with Crippen LogP contribution in [0.15, 0.2) is 18.3 Å². The third kappa shape index (κ3) is 4.36. The standard InChI is InChI=1S/C17H19ClF3N5O/c1-10-11(17(19,20)21)9-23-16(24-10)25-13-7-12(18)14(8-15(13)27-2)26-5-3-22-4-6-26/h7-9,22H,3-6H2,1-2H3,(H,23,24,25). The second-order valence-electron chi connectivity index (χ2n) is 6.06. The zero-order valence-electron chi connectivity index (χ0n) is 14.8. The van der Waals surface area contributed by atoms with Crippen molar-refractivity contribution in [1.82, 2.24) is 15.3 Å². The molecule has 0 spiro atoms. The summed E-state index contributed by atoms with van der Waals surface area (Å²) in [6, 6.07) is 3.46. The molecular weight excluding hydrogens is 383 g/mol. The molecule has 2 aromatic rings. The average Bonchev–Trinajstić information content (AvgIpc) is 2.61. The van der Waals surface area contributed by atoms with Gasteiger partial charge in [0.2, 0.25) is 5.95 Å². The zero-order chi connectivity index (χ0) is 19.6. The van der Waals surface area contributed by atoms with Gasteiger partial charge in [0.25, 0.3) is 0 Å². The van der Waals surface area contributed by atoms with Crippen LogP contribution in [0.1, 0.15) is 11.3 Å². The van der Waals surface area contributed by atoms with Crippen LogP contribution in [0.3, 0.4) is 0 Å². The number of anilines is 3. The Balaban J connectivity index is 1.88. The Hall–Kier alpha value is -2.26. The average molecular weight is 402 g/mol. The van der Waals surface area contributed by atoms with E-state index in [2.05, 4.69) is 25.5 Å². The van der Waals surface area contributed by atoms with E-state index in [4.69, 9.17) is 16.3 Å². The van der Waals surface area contributed by atoms with E-state index < -0.39 is 11.7 Å². The summed E-state index contributed by atoms with van der Waals surface area (Å²) in [5, 5.41) is 6.66. The van der Waals surface area contributed by atoms with Crippen molar-refractivity contribution in [2.24, 2.45) is 0 Å². The highest BCUT2D eigenvalue weighted by Crippen LogP contribution is 2.38. The summed E-state index contributed by atoms with van der Waals surface area (Å²) in [5.74, 6) is 0.527. The lowest BCUT2D eigenvalue weighted by atomic mass is 10.2. The minimum absolute atomic E-state index is 0.0322. The number of alkyl halides is 3. The molecule has 27 heavy (non-hydrogen) atoms. The molecule has 6 nitrogen and oxygen atoms in total. The number of hydrogen-bond donors (Lipinski definition) is 2. The molecule has 146 valence electrons. The van der Waals surface area contributed by atoms with Crippen molar-refractivity contribution in [1.29, 1.82) is 0 Å². The van der Waals surface area contributed by atoms with Gasteiger partial charge in [-0.05, 0) is 13.0 Å². The summed E-state index contributed by atoms with van der Waals surface area (Å²) < 4.78 is 44.0. The first-order valence-electron chi connectivity index (χ1n) is 8.30. The largest absolute Gasteiger partial charge is 0.494 e. The number of nitrogens with zero attached hydrogens (tertiary/aromatic N) is 3. The van der Waals surface area contributed by atoms with E-state index in [0.29, 0.717) is 16.5 Å². The van der Waals surface area contributed by atoms with Gasteiger partial charge in [-0.2, -0.15) is 13.2 Å². The van der Waals surface area contributed by atoms with Gasteiger partial charge in [-0.15, -0.1) is 0 Å². The maximum Gasteiger partial charge on any atom is 0.419 e. The quantitative estimate of drug-likeness (QED) is 0.816. The van der Waals surface area contributed by atoms with E-state index in [0.717, 1.165) is 38.1 Å². The van der Waals surface area contributed by atoms with Crippen molar-refractivity contribution >= 4 is 28.9 Å². The third-order valence-corrected chi connectivity index (χ3v) is 4.56. The summed E-state index contributed by atoms with van der Waals surface area (Å²) in [6.45, 7) is 4.63. The number of halogens is 4. The Morgan fingerprint density at radius 2 is 1.96 bits per heavy atom. The Kier molecular flexibility index (Phi) is 5.61. The molecule has 0 unspecified atom stereocenters. The lowest BCUT2D eigenvalue weighted by Gasteiger charge is -2.30. The van der Waals surface area contributed by atoms with Crippen LogP contribution >= 0.6 is 11.6 Å². The maximum atomic E-state index is 12.9. The summed E-state index contributed by atoms with van der Waals surface area (Å²) in [5.41, 5.74) is 0.278. The van der Waals surface area contributed by atoms with Crippen LogP contribution in [0.4, 0.5) is 30.5 Å². The Bertz CT molecular complexity index is 825. The molecule has 1 aromatic heterocycles. The number of benzene rings is 1. The predicted molar refractivity (Wildman–Crippen MR) is 98.1 cm³/mol. The normalized spacial score (nSPS) is 15.0. The molecule has 1 aliphatic heterocycles. The van der Waals surface area contributed by atoms with Crippen LogP contribution in [0.2, 0.25) is 5.02 Å². The molecule has 3 rings (SSSR count). The molecule has 2 heterocycles. The summed E-state index contributed by atoms with van der Waals surface area (Å²) in [7, 11) is 1.51. The van der Waals surface area contributed by atoms with Gasteiger partial charge in [-0.3, -0.25) is 0 Å². The first-order chi connectivity index (χ1) is 12.8. The zero-order valence-corrected chi connectivity index (χ0v) is 15.6. The third-order valence-electron chi connectivity index (χ3n) is 4.26. The number of nitrogens with one attached hydrogen (secondary N) is 2. The lowest BCUT2D eigenvalue weighted by molar-refractivity contribution is -0.138. The highest BCUT2D eigenvalue weighted by molar-refractivity contribution is 6.33. The number of hydrogen-bond acceptors (Lipinski definition) is 6. The SMILES string of the molecule is COc1cc(N2CCNCC2)c(Cl)cc1Nc1ncc(C(F)(F)F)c(C)n1. The van der Waals surface area contributed by atoms with Crippen LogP contribution in [0.5, 0.6) is 5.75 Å². The first-order valence-corrected chi connectivity index (χ1v) is 8.68. The fourth-order valence-corrected chi connectivity index (χ4v) is 3.17. The van der Waals surface area contributed by atoms with Crippen LogP contribution in [-0.4, -0.2) is 43.3 Å². The number of ether oxygens (including phenoxy) is 1. The maximum absolute atomic E-state index is 12.9. The van der Waals surface area contributed by atoms with E-state index in [1.54, 1.807) is 12.1 Å². The van der Waals surface area contributed by atoms with Crippen LogP contribution < -0.4 is 20.3 Å². The van der Waals surface area contributed by atoms with E-state index in [-0.39, 0.29) is 11.6 Å². The molecule has 0 amide bonds. The monoisotopic (exact) mass is 401 g/mol. The van der Waals surface area contributed by atoms with Crippen molar-refractivity contribution < 1.29 is 17.9 Å². The number of methoxy groups -OCH3 is 1. The molecular formula is C17H19ClF3N5O. The summed E-state index contributed by atoms with van der Waals surface area (Å²) in [4.78, 5) is 9.79. The molecule has 1 saturated heterocycles. The molecule has 0 radical (unpaired) electrons. The fourth-order valence-electron chi connectivity index (χ4n) is 2.88. The molecule has 2 N–H and O–H groups in total. The predicted octanol–water partition coefficient (Wildman–Crippen LogP) is 3.62. The van der Waals surface area contributed by atoms with Crippen LogP contribution in [0, 0.1) is 6.92 Å². The second kappa shape index (κ2) is 7.77. The van der Waals surface area contributed by atoms with Crippen LogP contribution in [0.25, 0.3) is 0 Å². The minimum Gasteiger partial charge on any atom is -0.494 e. The van der Waals surface area contributed by atoms with Crippen molar-refractivity contribution in [3.8, 4) is 5.75 Å². The van der Waals surface area contributed by atoms with Crippen LogP contribution in [-0.2, 0) is 6.18 Å². The van der Waals surface area contributed by atoms with Crippen molar-refractivity contribution in [2.45, 2.75) is 13.1 Å². The topological polar surface area (TPSA) is 62.3 Å². The second-order valence-corrected chi connectivity index (χ2v) is 6.46. The molecule has 0 atom stereocenters. The fraction of sp³-hybridized carbons (Fsp3) is 0.412. The van der Waals surface area contributed by atoms with E-state index in [9.17, 15) is 13.2 Å². The number of aromatic nitrogens is 2. The summed E-state index contributed by atoms with van der Waals surface area (Å²) in [6.07, 6.45) is -3.73. The number of piperazine rings is 1. The van der Waals surface area contributed by atoms with E-state index in [1.807, 2.05) is 0 Å². The molecule has 0 saturated carbocycles. The first kappa shape index (κ1) is 19.5. The Morgan fingerprint density at radius 1 is 1.26 bits per heavy atom. The van der Waals surface area contributed by atoms with Gasteiger partial charge in [0.05, 0.1) is 34.8 Å². The molecule has 10 heteroatoms. The summed E-state index contributed by atoms with van der Waals surface area (Å²) >= 11 is 6.43.